The fourth-order valence-corrected chi connectivity index (χ4v) is 1.96. The number of rotatable bonds is 2. The minimum absolute atomic E-state index is 0.507. The van der Waals surface area contributed by atoms with E-state index in [0.717, 1.165) is 5.56 Å². The Morgan fingerprint density at radius 3 is 2.41 bits per heavy atom. The molecule has 0 bridgehead atoms. The smallest absolute Gasteiger partial charge is 0.165 e. The zero-order valence-electron chi connectivity index (χ0n) is 9.98. The van der Waals surface area contributed by atoms with Crippen molar-refractivity contribution in [3.8, 4) is 11.4 Å². The van der Waals surface area contributed by atoms with Gasteiger partial charge in [0.15, 0.2) is 11.6 Å². The van der Waals surface area contributed by atoms with Gasteiger partial charge in [-0.3, -0.25) is 0 Å². The molecule has 0 radical (unpaired) electrons. The van der Waals surface area contributed by atoms with Crippen LogP contribution < -0.4 is 0 Å². The van der Waals surface area contributed by atoms with Crippen molar-refractivity contribution < 1.29 is 5.11 Å². The van der Waals surface area contributed by atoms with Crippen LogP contribution in [0.25, 0.3) is 11.4 Å². The van der Waals surface area contributed by atoms with Gasteiger partial charge >= 0.3 is 0 Å². The molecular formula is C12H14ClN3O. The fourth-order valence-electron chi connectivity index (χ4n) is 1.74. The van der Waals surface area contributed by atoms with E-state index in [1.165, 1.54) is 0 Å². The van der Waals surface area contributed by atoms with Crippen molar-refractivity contribution in [2.75, 3.05) is 0 Å². The second kappa shape index (κ2) is 4.13. The van der Waals surface area contributed by atoms with Crippen LogP contribution in [-0.4, -0.2) is 19.9 Å². The van der Waals surface area contributed by atoms with Crippen LogP contribution in [0.4, 0.5) is 0 Å². The summed E-state index contributed by atoms with van der Waals surface area (Å²) in [5, 5.41) is 18.6. The first-order chi connectivity index (χ1) is 7.91. The monoisotopic (exact) mass is 251 g/mol. The summed E-state index contributed by atoms with van der Waals surface area (Å²) in [4.78, 5) is 0. The third kappa shape index (κ3) is 2.18. The number of hydrogen-bond donors (Lipinski definition) is 1. The fraction of sp³-hybridized carbons (Fsp3) is 0.333. The SMILES string of the molecule is Cn1c(-c2ccccc2Cl)nnc1C(C)(C)O. The average molecular weight is 252 g/mol. The predicted molar refractivity (Wildman–Crippen MR) is 66.7 cm³/mol. The molecule has 1 aromatic carbocycles. The molecule has 1 N–H and O–H groups in total. The molecule has 0 fully saturated rings. The second-order valence-electron chi connectivity index (χ2n) is 4.45. The molecule has 17 heavy (non-hydrogen) atoms. The Balaban J connectivity index is 2.56. The zero-order chi connectivity index (χ0) is 12.6. The Morgan fingerprint density at radius 2 is 1.88 bits per heavy atom. The first-order valence-corrected chi connectivity index (χ1v) is 5.66. The summed E-state index contributed by atoms with van der Waals surface area (Å²) < 4.78 is 1.75. The normalized spacial score (nSPS) is 11.8. The third-order valence-electron chi connectivity index (χ3n) is 2.54. The van der Waals surface area contributed by atoms with Gasteiger partial charge in [0, 0.05) is 12.6 Å². The Hall–Kier alpha value is -1.39. The lowest BCUT2D eigenvalue weighted by atomic mass is 10.1. The molecule has 0 atom stereocenters. The summed E-state index contributed by atoms with van der Waals surface area (Å²) in [6.45, 7) is 3.35. The number of aliphatic hydroxyl groups is 1. The van der Waals surface area contributed by atoms with E-state index >= 15 is 0 Å². The van der Waals surface area contributed by atoms with E-state index in [1.807, 2.05) is 25.2 Å². The van der Waals surface area contributed by atoms with Crippen LogP contribution in [0.2, 0.25) is 5.02 Å². The standard InChI is InChI=1S/C12H14ClN3O/c1-12(2,17)11-15-14-10(16(11)3)8-6-4-5-7-9(8)13/h4-7,17H,1-3H3. The van der Waals surface area contributed by atoms with Crippen LogP contribution in [0.5, 0.6) is 0 Å². The molecule has 5 heteroatoms. The highest BCUT2D eigenvalue weighted by Gasteiger charge is 2.24. The molecule has 0 saturated carbocycles. The van der Waals surface area contributed by atoms with Crippen LogP contribution in [0.15, 0.2) is 24.3 Å². The minimum atomic E-state index is -1.03. The van der Waals surface area contributed by atoms with Gasteiger partial charge in [-0.1, -0.05) is 23.7 Å². The summed E-state index contributed by atoms with van der Waals surface area (Å²) in [5.74, 6) is 1.15. The van der Waals surface area contributed by atoms with Crippen molar-refractivity contribution in [1.29, 1.82) is 0 Å². The molecule has 0 unspecified atom stereocenters. The lowest BCUT2D eigenvalue weighted by Gasteiger charge is -2.16. The number of hydrogen-bond acceptors (Lipinski definition) is 3. The van der Waals surface area contributed by atoms with Gasteiger partial charge in [-0.05, 0) is 26.0 Å². The molecule has 0 spiro atoms. The van der Waals surface area contributed by atoms with Gasteiger partial charge in [0.1, 0.15) is 5.60 Å². The van der Waals surface area contributed by atoms with Crippen LogP contribution in [-0.2, 0) is 12.6 Å². The van der Waals surface area contributed by atoms with Crippen molar-refractivity contribution in [1.82, 2.24) is 14.8 Å². The number of nitrogens with zero attached hydrogens (tertiary/aromatic N) is 3. The average Bonchev–Trinajstić information content (AvgIpc) is 2.60. The summed E-state index contributed by atoms with van der Waals surface area (Å²) in [6, 6.07) is 7.43. The maximum atomic E-state index is 9.94. The maximum absolute atomic E-state index is 9.94. The molecule has 0 aliphatic heterocycles. The zero-order valence-corrected chi connectivity index (χ0v) is 10.7. The van der Waals surface area contributed by atoms with E-state index in [4.69, 9.17) is 11.6 Å². The van der Waals surface area contributed by atoms with Gasteiger partial charge in [0.05, 0.1) is 5.02 Å². The molecular weight excluding hydrogens is 238 g/mol. The second-order valence-corrected chi connectivity index (χ2v) is 4.85. The molecule has 0 amide bonds. The summed E-state index contributed by atoms with van der Waals surface area (Å²) in [5.41, 5.74) is -0.221. The third-order valence-corrected chi connectivity index (χ3v) is 2.87. The topological polar surface area (TPSA) is 50.9 Å². The maximum Gasteiger partial charge on any atom is 0.165 e. The first-order valence-electron chi connectivity index (χ1n) is 5.28. The molecule has 1 aromatic heterocycles. The summed E-state index contributed by atoms with van der Waals surface area (Å²) in [7, 11) is 1.81. The first kappa shape index (κ1) is 12.1. The molecule has 90 valence electrons. The Morgan fingerprint density at radius 1 is 1.24 bits per heavy atom. The van der Waals surface area contributed by atoms with Gasteiger partial charge < -0.3 is 9.67 Å². The Labute approximate surface area is 105 Å². The predicted octanol–water partition coefficient (Wildman–Crippen LogP) is 2.36. The lowest BCUT2D eigenvalue weighted by molar-refractivity contribution is 0.0655. The highest BCUT2D eigenvalue weighted by molar-refractivity contribution is 6.33. The summed E-state index contributed by atoms with van der Waals surface area (Å²) in [6.07, 6.45) is 0. The quantitative estimate of drug-likeness (QED) is 0.892. The van der Waals surface area contributed by atoms with E-state index in [-0.39, 0.29) is 0 Å². The largest absolute Gasteiger partial charge is 0.382 e. The molecule has 0 aliphatic carbocycles. The van der Waals surface area contributed by atoms with Gasteiger partial charge in [0.2, 0.25) is 0 Å². The molecule has 2 rings (SSSR count). The van der Waals surface area contributed by atoms with E-state index in [2.05, 4.69) is 10.2 Å². The van der Waals surface area contributed by atoms with Crippen LogP contribution in [0.1, 0.15) is 19.7 Å². The molecule has 2 aromatic rings. The molecule has 4 nitrogen and oxygen atoms in total. The number of halogens is 1. The number of aromatic nitrogens is 3. The molecule has 0 aliphatic rings. The Kier molecular flexibility index (Phi) is 2.93. The van der Waals surface area contributed by atoms with E-state index in [1.54, 1.807) is 24.5 Å². The van der Waals surface area contributed by atoms with E-state index in [9.17, 15) is 5.11 Å². The van der Waals surface area contributed by atoms with Crippen LogP contribution in [0.3, 0.4) is 0 Å². The van der Waals surface area contributed by atoms with Crippen molar-refractivity contribution in [3.05, 3.63) is 35.1 Å². The van der Waals surface area contributed by atoms with Crippen LogP contribution >= 0.6 is 11.6 Å². The van der Waals surface area contributed by atoms with Crippen molar-refractivity contribution >= 4 is 11.6 Å². The van der Waals surface area contributed by atoms with Gasteiger partial charge in [-0.2, -0.15) is 0 Å². The van der Waals surface area contributed by atoms with Gasteiger partial charge in [0.25, 0.3) is 0 Å². The van der Waals surface area contributed by atoms with Crippen molar-refractivity contribution in [2.45, 2.75) is 19.4 Å². The lowest BCUT2D eigenvalue weighted by Crippen LogP contribution is -2.21. The highest BCUT2D eigenvalue weighted by atomic mass is 35.5. The highest BCUT2D eigenvalue weighted by Crippen LogP contribution is 2.28. The molecule has 1 heterocycles. The number of benzene rings is 1. The summed E-state index contributed by atoms with van der Waals surface area (Å²) >= 11 is 6.11. The van der Waals surface area contributed by atoms with Crippen LogP contribution in [0, 0.1) is 0 Å². The molecule has 0 saturated heterocycles. The minimum Gasteiger partial charge on any atom is -0.382 e. The Bertz CT molecular complexity index is 543. The van der Waals surface area contributed by atoms with Crippen molar-refractivity contribution in [2.24, 2.45) is 7.05 Å². The van der Waals surface area contributed by atoms with E-state index in [0.29, 0.717) is 16.7 Å². The van der Waals surface area contributed by atoms with Gasteiger partial charge in [-0.15, -0.1) is 10.2 Å². The van der Waals surface area contributed by atoms with Gasteiger partial charge in [-0.25, -0.2) is 0 Å². The van der Waals surface area contributed by atoms with E-state index < -0.39 is 5.60 Å². The van der Waals surface area contributed by atoms with Crippen molar-refractivity contribution in [3.63, 3.8) is 0 Å².